The first-order valence-corrected chi connectivity index (χ1v) is 8.46. The summed E-state index contributed by atoms with van der Waals surface area (Å²) < 4.78 is 0. The summed E-state index contributed by atoms with van der Waals surface area (Å²) in [5.41, 5.74) is 4.10. The number of nitrogens with one attached hydrogen (secondary N) is 1. The minimum Gasteiger partial charge on any atom is -0.381 e. The largest absolute Gasteiger partial charge is 0.381 e. The summed E-state index contributed by atoms with van der Waals surface area (Å²) in [5.74, 6) is 0. The third-order valence-corrected chi connectivity index (χ3v) is 4.48. The molecule has 3 rings (SSSR count). The summed E-state index contributed by atoms with van der Waals surface area (Å²) in [6.07, 6.45) is 3.42. The number of rotatable bonds is 5. The lowest BCUT2D eigenvalue weighted by Gasteiger charge is -2.28. The maximum absolute atomic E-state index is 11.5. The molecule has 0 spiro atoms. The molecule has 1 N–H and O–H groups in total. The minimum absolute atomic E-state index is 0.208. The molecule has 2 aromatic carbocycles. The zero-order valence-electron chi connectivity index (χ0n) is 14.0. The second-order valence-corrected chi connectivity index (χ2v) is 6.35. The van der Waals surface area contributed by atoms with Gasteiger partial charge in [-0.05, 0) is 49.9 Å². The van der Waals surface area contributed by atoms with E-state index in [0.29, 0.717) is 6.54 Å². The first-order chi connectivity index (χ1) is 11.6. The van der Waals surface area contributed by atoms with Gasteiger partial charge in [-0.3, -0.25) is 10.1 Å². The lowest BCUT2D eigenvalue weighted by molar-refractivity contribution is -0.384. The number of hydrogen-bond donors (Lipinski definition) is 1. The maximum Gasteiger partial charge on any atom is 0.292 e. The van der Waals surface area contributed by atoms with Gasteiger partial charge in [0.1, 0.15) is 5.69 Å². The zero-order valence-corrected chi connectivity index (χ0v) is 14.0. The molecule has 0 radical (unpaired) electrons. The van der Waals surface area contributed by atoms with Gasteiger partial charge in [-0.25, -0.2) is 0 Å². The topological polar surface area (TPSA) is 58.4 Å². The molecular weight excluding hydrogens is 302 g/mol. The van der Waals surface area contributed by atoms with Crippen LogP contribution in [0.15, 0.2) is 42.5 Å². The molecule has 0 unspecified atom stereocenters. The number of nitro groups is 1. The van der Waals surface area contributed by atoms with E-state index < -0.39 is 0 Å². The van der Waals surface area contributed by atoms with Crippen LogP contribution in [0.25, 0.3) is 0 Å². The maximum atomic E-state index is 11.5. The molecule has 0 amide bonds. The number of anilines is 2. The molecular formula is C19H23N3O2. The van der Waals surface area contributed by atoms with Gasteiger partial charge in [0.25, 0.3) is 5.69 Å². The fourth-order valence-corrected chi connectivity index (χ4v) is 3.10. The Bertz CT molecular complexity index is 707. The van der Waals surface area contributed by atoms with Crippen molar-refractivity contribution < 1.29 is 4.92 Å². The van der Waals surface area contributed by atoms with Crippen LogP contribution < -0.4 is 10.2 Å². The van der Waals surface area contributed by atoms with Crippen molar-refractivity contribution in [2.45, 2.75) is 32.7 Å². The zero-order chi connectivity index (χ0) is 16.9. The summed E-state index contributed by atoms with van der Waals surface area (Å²) in [4.78, 5) is 13.4. The Morgan fingerprint density at radius 3 is 2.46 bits per heavy atom. The average molecular weight is 325 g/mol. The van der Waals surface area contributed by atoms with Crippen molar-refractivity contribution in [1.82, 2.24) is 0 Å². The third-order valence-electron chi connectivity index (χ3n) is 4.48. The summed E-state index contributed by atoms with van der Waals surface area (Å²) in [6, 6.07) is 13.7. The van der Waals surface area contributed by atoms with E-state index in [1.54, 1.807) is 6.07 Å². The highest BCUT2D eigenvalue weighted by Gasteiger charge is 2.21. The van der Waals surface area contributed by atoms with Crippen LogP contribution in [-0.2, 0) is 6.54 Å². The number of benzene rings is 2. The van der Waals surface area contributed by atoms with E-state index >= 15 is 0 Å². The SMILES string of the molecule is Cc1ccc(NCc2ccc(N3CCCCC3)c([N+](=O)[O-])c2)cc1. The smallest absolute Gasteiger partial charge is 0.292 e. The summed E-state index contributed by atoms with van der Waals surface area (Å²) >= 11 is 0. The normalized spacial score (nSPS) is 14.5. The average Bonchev–Trinajstić information content (AvgIpc) is 2.62. The van der Waals surface area contributed by atoms with Gasteiger partial charge in [0.15, 0.2) is 0 Å². The fourth-order valence-electron chi connectivity index (χ4n) is 3.10. The van der Waals surface area contributed by atoms with Crippen molar-refractivity contribution in [1.29, 1.82) is 0 Å². The Balaban J connectivity index is 1.75. The number of nitro benzene ring substituents is 1. The summed E-state index contributed by atoms with van der Waals surface area (Å²) in [6.45, 7) is 4.43. The van der Waals surface area contributed by atoms with Gasteiger partial charge in [-0.15, -0.1) is 0 Å². The van der Waals surface area contributed by atoms with Crippen LogP contribution in [-0.4, -0.2) is 18.0 Å². The van der Waals surface area contributed by atoms with Crippen molar-refractivity contribution in [2.75, 3.05) is 23.3 Å². The second-order valence-electron chi connectivity index (χ2n) is 6.35. The molecule has 0 atom stereocenters. The van der Waals surface area contributed by atoms with Crippen molar-refractivity contribution in [3.05, 3.63) is 63.7 Å². The van der Waals surface area contributed by atoms with Crippen LogP contribution in [0.4, 0.5) is 17.1 Å². The molecule has 0 bridgehead atoms. The molecule has 1 heterocycles. The molecule has 5 nitrogen and oxygen atoms in total. The highest BCUT2D eigenvalue weighted by atomic mass is 16.6. The number of hydrogen-bond acceptors (Lipinski definition) is 4. The van der Waals surface area contributed by atoms with Crippen LogP contribution in [0.2, 0.25) is 0 Å². The Kier molecular flexibility index (Phi) is 4.99. The Morgan fingerprint density at radius 2 is 1.79 bits per heavy atom. The van der Waals surface area contributed by atoms with Crippen LogP contribution in [0, 0.1) is 17.0 Å². The molecule has 0 aliphatic carbocycles. The molecule has 1 fully saturated rings. The van der Waals surface area contributed by atoms with E-state index in [9.17, 15) is 10.1 Å². The predicted molar refractivity (Wildman–Crippen MR) is 97.7 cm³/mol. The van der Waals surface area contributed by atoms with E-state index in [1.807, 2.05) is 43.3 Å². The van der Waals surface area contributed by atoms with Gasteiger partial charge in [0, 0.05) is 31.4 Å². The lowest BCUT2D eigenvalue weighted by Crippen LogP contribution is -2.30. The summed E-state index contributed by atoms with van der Waals surface area (Å²) in [5, 5.41) is 14.8. The first-order valence-electron chi connectivity index (χ1n) is 8.46. The van der Waals surface area contributed by atoms with E-state index in [-0.39, 0.29) is 10.6 Å². The molecule has 2 aromatic rings. The first kappa shape index (κ1) is 16.3. The Labute approximate surface area is 142 Å². The number of aryl methyl sites for hydroxylation is 1. The third kappa shape index (κ3) is 3.85. The predicted octanol–water partition coefficient (Wildman–Crippen LogP) is 4.51. The molecule has 0 aromatic heterocycles. The molecule has 1 saturated heterocycles. The van der Waals surface area contributed by atoms with Crippen molar-refractivity contribution in [3.63, 3.8) is 0 Å². The standard InChI is InChI=1S/C19H23N3O2/c1-15-5-8-17(9-6-15)20-14-16-7-10-18(19(13-16)22(23)24)21-11-3-2-4-12-21/h5-10,13,20H,2-4,11-12,14H2,1H3. The van der Waals surface area contributed by atoms with Gasteiger partial charge < -0.3 is 10.2 Å². The Hall–Kier alpha value is -2.56. The minimum atomic E-state index is -0.265. The quantitative estimate of drug-likeness (QED) is 0.649. The number of piperidine rings is 1. The van der Waals surface area contributed by atoms with Gasteiger partial charge >= 0.3 is 0 Å². The van der Waals surface area contributed by atoms with Crippen molar-refractivity contribution in [2.24, 2.45) is 0 Å². The van der Waals surface area contributed by atoms with Crippen LogP contribution in [0.1, 0.15) is 30.4 Å². The molecule has 24 heavy (non-hydrogen) atoms. The highest BCUT2D eigenvalue weighted by Crippen LogP contribution is 2.31. The van der Waals surface area contributed by atoms with E-state index in [1.165, 1.54) is 12.0 Å². The second kappa shape index (κ2) is 7.34. The fraction of sp³-hybridized carbons (Fsp3) is 0.368. The van der Waals surface area contributed by atoms with Crippen molar-refractivity contribution >= 4 is 17.1 Å². The summed E-state index contributed by atoms with van der Waals surface area (Å²) in [7, 11) is 0. The Morgan fingerprint density at radius 1 is 1.08 bits per heavy atom. The molecule has 126 valence electrons. The molecule has 1 aliphatic rings. The molecule has 0 saturated carbocycles. The highest BCUT2D eigenvalue weighted by molar-refractivity contribution is 5.64. The van der Waals surface area contributed by atoms with Gasteiger partial charge in [-0.2, -0.15) is 0 Å². The van der Waals surface area contributed by atoms with Crippen LogP contribution in [0.3, 0.4) is 0 Å². The van der Waals surface area contributed by atoms with Gasteiger partial charge in [0.2, 0.25) is 0 Å². The van der Waals surface area contributed by atoms with Gasteiger partial charge in [0.05, 0.1) is 4.92 Å². The molecule has 5 heteroatoms. The van der Waals surface area contributed by atoms with Crippen LogP contribution >= 0.6 is 0 Å². The van der Waals surface area contributed by atoms with Crippen molar-refractivity contribution in [3.8, 4) is 0 Å². The lowest BCUT2D eigenvalue weighted by atomic mass is 10.1. The van der Waals surface area contributed by atoms with E-state index in [2.05, 4.69) is 10.2 Å². The van der Waals surface area contributed by atoms with E-state index in [0.717, 1.165) is 42.9 Å². The number of nitrogens with zero attached hydrogens (tertiary/aromatic N) is 2. The molecule has 1 aliphatic heterocycles. The van der Waals surface area contributed by atoms with Crippen LogP contribution in [0.5, 0.6) is 0 Å². The van der Waals surface area contributed by atoms with Gasteiger partial charge in [-0.1, -0.05) is 23.8 Å². The monoisotopic (exact) mass is 325 g/mol. The van der Waals surface area contributed by atoms with E-state index in [4.69, 9.17) is 0 Å².